The summed E-state index contributed by atoms with van der Waals surface area (Å²) >= 11 is 5.93. The number of carbonyl (C=O) groups excluding carboxylic acids is 1. The highest BCUT2D eigenvalue weighted by atomic mass is 35.5. The van der Waals surface area contributed by atoms with Gasteiger partial charge in [-0.2, -0.15) is 0 Å². The SMILES string of the molecule is CC(C)Cc1cc(C(=O)OC(C)(C)C)cc(Cl)n1. The van der Waals surface area contributed by atoms with Crippen LogP contribution in [0.5, 0.6) is 0 Å². The molecule has 0 radical (unpaired) electrons. The van der Waals surface area contributed by atoms with Gasteiger partial charge in [0, 0.05) is 5.69 Å². The highest BCUT2D eigenvalue weighted by Crippen LogP contribution is 2.17. The van der Waals surface area contributed by atoms with Gasteiger partial charge in [-0.15, -0.1) is 0 Å². The van der Waals surface area contributed by atoms with Crippen LogP contribution in [0.15, 0.2) is 12.1 Å². The van der Waals surface area contributed by atoms with Crippen molar-refractivity contribution in [2.24, 2.45) is 5.92 Å². The lowest BCUT2D eigenvalue weighted by atomic mass is 10.1. The van der Waals surface area contributed by atoms with E-state index >= 15 is 0 Å². The van der Waals surface area contributed by atoms with Crippen LogP contribution in [0, 0.1) is 5.92 Å². The minimum absolute atomic E-state index is 0.328. The highest BCUT2D eigenvalue weighted by Gasteiger charge is 2.19. The maximum Gasteiger partial charge on any atom is 0.338 e. The molecule has 0 aliphatic rings. The van der Waals surface area contributed by atoms with E-state index in [0.717, 1.165) is 12.1 Å². The van der Waals surface area contributed by atoms with Gasteiger partial charge >= 0.3 is 5.97 Å². The second-order valence-electron chi connectivity index (χ2n) is 5.77. The number of pyridine rings is 1. The number of nitrogens with zero attached hydrogens (tertiary/aromatic N) is 1. The molecule has 0 aromatic carbocycles. The Labute approximate surface area is 114 Å². The third-order valence-corrected chi connectivity index (χ3v) is 2.29. The molecule has 3 nitrogen and oxygen atoms in total. The average molecular weight is 270 g/mol. The average Bonchev–Trinajstić information content (AvgIpc) is 2.12. The predicted octanol–water partition coefficient (Wildman–Crippen LogP) is 3.89. The number of hydrogen-bond acceptors (Lipinski definition) is 3. The molecule has 0 unspecified atom stereocenters. The van der Waals surface area contributed by atoms with Crippen molar-refractivity contribution in [1.82, 2.24) is 4.98 Å². The molecular formula is C14H20ClNO2. The molecular weight excluding hydrogens is 250 g/mol. The Balaban J connectivity index is 2.95. The summed E-state index contributed by atoms with van der Waals surface area (Å²) in [6.45, 7) is 9.69. The summed E-state index contributed by atoms with van der Waals surface area (Å²) in [5.41, 5.74) is 0.768. The first-order valence-corrected chi connectivity index (χ1v) is 6.45. The third-order valence-electron chi connectivity index (χ3n) is 2.10. The van der Waals surface area contributed by atoms with Crippen molar-refractivity contribution in [2.45, 2.75) is 46.6 Å². The van der Waals surface area contributed by atoms with Crippen LogP contribution in [0.1, 0.15) is 50.7 Å². The molecule has 100 valence electrons. The Kier molecular flexibility index (Phi) is 4.74. The zero-order chi connectivity index (χ0) is 13.9. The maximum absolute atomic E-state index is 11.9. The minimum atomic E-state index is -0.509. The van der Waals surface area contributed by atoms with E-state index in [1.165, 1.54) is 0 Å². The van der Waals surface area contributed by atoms with Gasteiger partial charge in [0.2, 0.25) is 0 Å². The number of aromatic nitrogens is 1. The summed E-state index contributed by atoms with van der Waals surface area (Å²) in [6, 6.07) is 3.29. The molecule has 1 aromatic rings. The number of halogens is 1. The number of esters is 1. The Morgan fingerprint density at radius 2 is 2.00 bits per heavy atom. The van der Waals surface area contributed by atoms with E-state index in [4.69, 9.17) is 16.3 Å². The van der Waals surface area contributed by atoms with Crippen molar-refractivity contribution in [2.75, 3.05) is 0 Å². The fourth-order valence-electron chi connectivity index (χ4n) is 1.53. The molecule has 1 heterocycles. The van der Waals surface area contributed by atoms with E-state index in [2.05, 4.69) is 18.8 Å². The monoisotopic (exact) mass is 269 g/mol. The molecule has 1 rings (SSSR count). The maximum atomic E-state index is 11.9. The lowest BCUT2D eigenvalue weighted by Crippen LogP contribution is -2.24. The third kappa shape index (κ3) is 5.05. The molecule has 0 aliphatic carbocycles. The van der Waals surface area contributed by atoms with Gasteiger partial charge in [-0.25, -0.2) is 9.78 Å². The Morgan fingerprint density at radius 1 is 1.39 bits per heavy atom. The molecule has 0 bridgehead atoms. The molecule has 0 N–H and O–H groups in total. The zero-order valence-corrected chi connectivity index (χ0v) is 12.3. The van der Waals surface area contributed by atoms with E-state index in [0.29, 0.717) is 16.6 Å². The molecule has 18 heavy (non-hydrogen) atoms. The van der Waals surface area contributed by atoms with Crippen molar-refractivity contribution >= 4 is 17.6 Å². The quantitative estimate of drug-likeness (QED) is 0.617. The van der Waals surface area contributed by atoms with Gasteiger partial charge in [-0.3, -0.25) is 0 Å². The normalized spacial score (nSPS) is 11.7. The molecule has 0 saturated heterocycles. The zero-order valence-electron chi connectivity index (χ0n) is 11.6. The number of ether oxygens (including phenoxy) is 1. The first-order valence-electron chi connectivity index (χ1n) is 6.07. The second-order valence-corrected chi connectivity index (χ2v) is 6.16. The fourth-order valence-corrected chi connectivity index (χ4v) is 1.76. The molecule has 0 spiro atoms. The summed E-state index contributed by atoms with van der Waals surface area (Å²) in [5.74, 6) is 0.0965. The van der Waals surface area contributed by atoms with Crippen LogP contribution in [0.25, 0.3) is 0 Å². The highest BCUT2D eigenvalue weighted by molar-refractivity contribution is 6.29. The van der Waals surface area contributed by atoms with E-state index < -0.39 is 5.60 Å². The second kappa shape index (κ2) is 5.70. The van der Waals surface area contributed by atoms with Crippen molar-refractivity contribution in [3.8, 4) is 0 Å². The van der Waals surface area contributed by atoms with Gasteiger partial charge in [-0.05, 0) is 45.2 Å². The van der Waals surface area contributed by atoms with Gasteiger partial charge in [0.15, 0.2) is 0 Å². The van der Waals surface area contributed by atoms with Gasteiger partial charge in [0.1, 0.15) is 10.8 Å². The molecule has 0 saturated carbocycles. The molecule has 0 atom stereocenters. The van der Waals surface area contributed by atoms with Crippen LogP contribution in [0.2, 0.25) is 5.15 Å². The summed E-state index contributed by atoms with van der Waals surface area (Å²) in [6.07, 6.45) is 0.788. The Morgan fingerprint density at radius 3 is 2.50 bits per heavy atom. The summed E-state index contributed by atoms with van der Waals surface area (Å²) in [7, 11) is 0. The first-order chi connectivity index (χ1) is 8.17. The number of hydrogen-bond donors (Lipinski definition) is 0. The van der Waals surface area contributed by atoms with E-state index in [9.17, 15) is 4.79 Å². The summed E-state index contributed by atoms with van der Waals surface area (Å²) in [4.78, 5) is 16.2. The Bertz CT molecular complexity index is 436. The predicted molar refractivity (Wildman–Crippen MR) is 73.0 cm³/mol. The van der Waals surface area contributed by atoms with Crippen molar-refractivity contribution < 1.29 is 9.53 Å². The van der Waals surface area contributed by atoms with Crippen molar-refractivity contribution in [3.05, 3.63) is 28.5 Å². The van der Waals surface area contributed by atoms with Crippen LogP contribution >= 0.6 is 11.6 Å². The Hall–Kier alpha value is -1.09. The molecule has 0 aliphatic heterocycles. The largest absolute Gasteiger partial charge is 0.456 e. The van der Waals surface area contributed by atoms with Gasteiger partial charge in [-0.1, -0.05) is 25.4 Å². The molecule has 0 fully saturated rings. The van der Waals surface area contributed by atoms with E-state index in [1.54, 1.807) is 12.1 Å². The summed E-state index contributed by atoms with van der Waals surface area (Å²) in [5, 5.41) is 0.328. The molecule has 4 heteroatoms. The number of rotatable bonds is 3. The van der Waals surface area contributed by atoms with E-state index in [1.807, 2.05) is 20.8 Å². The van der Waals surface area contributed by atoms with Crippen LogP contribution < -0.4 is 0 Å². The fraction of sp³-hybridized carbons (Fsp3) is 0.571. The smallest absolute Gasteiger partial charge is 0.338 e. The van der Waals surface area contributed by atoms with Crippen LogP contribution in [-0.4, -0.2) is 16.6 Å². The topological polar surface area (TPSA) is 39.2 Å². The lowest BCUT2D eigenvalue weighted by molar-refractivity contribution is 0.00692. The van der Waals surface area contributed by atoms with Crippen molar-refractivity contribution in [3.63, 3.8) is 0 Å². The molecule has 0 amide bonds. The van der Waals surface area contributed by atoms with Crippen LogP contribution in [-0.2, 0) is 11.2 Å². The minimum Gasteiger partial charge on any atom is -0.456 e. The van der Waals surface area contributed by atoms with Gasteiger partial charge in [0.05, 0.1) is 5.56 Å². The van der Waals surface area contributed by atoms with E-state index in [-0.39, 0.29) is 5.97 Å². The van der Waals surface area contributed by atoms with Gasteiger partial charge < -0.3 is 4.74 Å². The van der Waals surface area contributed by atoms with Crippen molar-refractivity contribution in [1.29, 1.82) is 0 Å². The first kappa shape index (κ1) is 15.0. The summed E-state index contributed by atoms with van der Waals surface area (Å²) < 4.78 is 5.31. The molecule has 1 aromatic heterocycles. The van der Waals surface area contributed by atoms with Crippen LogP contribution in [0.4, 0.5) is 0 Å². The van der Waals surface area contributed by atoms with Crippen LogP contribution in [0.3, 0.4) is 0 Å². The van der Waals surface area contributed by atoms with Gasteiger partial charge in [0.25, 0.3) is 0 Å². The lowest BCUT2D eigenvalue weighted by Gasteiger charge is -2.19. The number of carbonyl (C=O) groups is 1. The standard InChI is InChI=1S/C14H20ClNO2/c1-9(2)6-11-7-10(8-12(15)16-11)13(17)18-14(3,4)5/h7-9H,6H2,1-5H3.